The number of benzene rings is 2. The minimum atomic E-state index is -0.772. The molecule has 0 aromatic heterocycles. The van der Waals surface area contributed by atoms with Crippen molar-refractivity contribution < 1.29 is 24.5 Å². The first-order valence-corrected chi connectivity index (χ1v) is 12.3. The van der Waals surface area contributed by atoms with Crippen molar-refractivity contribution in [2.24, 2.45) is 0 Å². The molecule has 3 rings (SSSR count). The minimum Gasteiger partial charge on any atom is -0.507 e. The van der Waals surface area contributed by atoms with Gasteiger partial charge < -0.3 is 24.7 Å². The van der Waals surface area contributed by atoms with E-state index in [0.717, 1.165) is 19.6 Å². The molecule has 0 bridgehead atoms. The first kappa shape index (κ1) is 25.8. The molecule has 0 aliphatic carbocycles. The molecule has 1 fully saturated rings. The van der Waals surface area contributed by atoms with Crippen LogP contribution in [-0.4, -0.2) is 64.5 Å². The highest BCUT2D eigenvalue weighted by Crippen LogP contribution is 2.41. The topological polar surface area (TPSA) is 90.3 Å². The van der Waals surface area contributed by atoms with Gasteiger partial charge in [-0.05, 0) is 68.9 Å². The maximum Gasteiger partial charge on any atom is 0.295 e. The third kappa shape index (κ3) is 5.45. The number of carbonyl (C=O) groups excluding carboxylic acids is 2. The normalized spacial score (nSPS) is 17.6. The third-order valence-corrected chi connectivity index (χ3v) is 6.52. The number of hydrogen-bond acceptors (Lipinski definition) is 6. The van der Waals surface area contributed by atoms with Crippen LogP contribution in [0.4, 0.5) is 0 Å². The Morgan fingerprint density at radius 3 is 2.38 bits per heavy atom. The number of ether oxygens (including phenoxy) is 1. The third-order valence-electron chi connectivity index (χ3n) is 6.03. The van der Waals surface area contributed by atoms with Crippen LogP contribution in [-0.2, 0) is 9.59 Å². The molecular weight excluding hydrogens is 500 g/mol. The van der Waals surface area contributed by atoms with Crippen LogP contribution in [0.2, 0.25) is 0 Å². The van der Waals surface area contributed by atoms with Gasteiger partial charge in [0.05, 0.1) is 23.8 Å². The van der Waals surface area contributed by atoms with E-state index in [1.807, 2.05) is 6.92 Å². The van der Waals surface area contributed by atoms with E-state index >= 15 is 0 Å². The van der Waals surface area contributed by atoms with Gasteiger partial charge >= 0.3 is 0 Å². The number of nitrogens with zero attached hydrogens (tertiary/aromatic N) is 2. The lowest BCUT2D eigenvalue weighted by atomic mass is 9.95. The van der Waals surface area contributed by atoms with Gasteiger partial charge in [-0.15, -0.1) is 0 Å². The second kappa shape index (κ2) is 11.5. The maximum absolute atomic E-state index is 13.2. The summed E-state index contributed by atoms with van der Waals surface area (Å²) in [4.78, 5) is 30.0. The number of carbonyl (C=O) groups is 2. The monoisotopic (exact) mass is 530 g/mol. The largest absolute Gasteiger partial charge is 0.507 e. The van der Waals surface area contributed by atoms with Gasteiger partial charge in [-0.1, -0.05) is 41.9 Å². The lowest BCUT2D eigenvalue weighted by molar-refractivity contribution is -0.140. The molecular formula is C26H31BrN2O5. The Balaban J connectivity index is 2.06. The smallest absolute Gasteiger partial charge is 0.295 e. The number of likely N-dealkylation sites (tertiary alicyclic amines) is 1. The Morgan fingerprint density at radius 2 is 1.76 bits per heavy atom. The number of rotatable bonds is 10. The molecule has 1 aliphatic rings. The van der Waals surface area contributed by atoms with E-state index in [1.54, 1.807) is 30.3 Å². The lowest BCUT2D eigenvalue weighted by Gasteiger charge is -2.27. The summed E-state index contributed by atoms with van der Waals surface area (Å²) in [6.45, 7) is 9.53. The second-order valence-corrected chi connectivity index (χ2v) is 8.95. The van der Waals surface area contributed by atoms with Gasteiger partial charge in [0.15, 0.2) is 0 Å². The molecule has 34 heavy (non-hydrogen) atoms. The molecule has 1 aliphatic heterocycles. The van der Waals surface area contributed by atoms with Crippen molar-refractivity contribution in [2.45, 2.75) is 33.2 Å². The first-order chi connectivity index (χ1) is 16.3. The Bertz CT molecular complexity index is 1060. The highest BCUT2D eigenvalue weighted by atomic mass is 79.9. The van der Waals surface area contributed by atoms with Gasteiger partial charge in [0, 0.05) is 11.0 Å². The van der Waals surface area contributed by atoms with E-state index in [2.05, 4.69) is 34.7 Å². The molecule has 0 spiro atoms. The van der Waals surface area contributed by atoms with Gasteiger partial charge in [-0.2, -0.15) is 0 Å². The Morgan fingerprint density at radius 1 is 1.09 bits per heavy atom. The summed E-state index contributed by atoms with van der Waals surface area (Å²) in [5, 5.41) is 21.5. The summed E-state index contributed by atoms with van der Waals surface area (Å²) in [5.74, 6) is -1.33. The number of amides is 1. The van der Waals surface area contributed by atoms with Gasteiger partial charge in [0.2, 0.25) is 0 Å². The molecule has 2 aromatic carbocycles. The molecule has 1 unspecified atom stereocenters. The van der Waals surface area contributed by atoms with Crippen molar-refractivity contribution >= 4 is 33.4 Å². The van der Waals surface area contributed by atoms with E-state index in [1.165, 1.54) is 17.0 Å². The fourth-order valence-electron chi connectivity index (χ4n) is 4.22. The van der Waals surface area contributed by atoms with Crippen molar-refractivity contribution in [1.82, 2.24) is 9.80 Å². The van der Waals surface area contributed by atoms with Crippen molar-refractivity contribution in [3.05, 3.63) is 63.6 Å². The van der Waals surface area contributed by atoms with Crippen LogP contribution in [0.5, 0.6) is 11.5 Å². The molecule has 0 saturated carbocycles. The number of phenolic OH excluding ortho intramolecular Hbond substituents is 1. The van der Waals surface area contributed by atoms with E-state index in [-0.39, 0.29) is 16.9 Å². The molecule has 182 valence electrons. The standard InChI is InChI=1S/C26H31BrN2O5/c1-4-28(5-2)14-7-15-29-23(17-8-11-19(12-9-17)34-6-3)22(25(32)26(29)33)24(31)20-16-18(27)10-13-21(20)30/h8-13,16,23,30-31H,4-7,14-15H2,1-3H3. The average Bonchev–Trinajstić information content (AvgIpc) is 3.08. The quantitative estimate of drug-likeness (QED) is 0.262. The van der Waals surface area contributed by atoms with Crippen molar-refractivity contribution in [1.29, 1.82) is 0 Å². The maximum atomic E-state index is 13.2. The molecule has 1 amide bonds. The summed E-state index contributed by atoms with van der Waals surface area (Å²) >= 11 is 3.33. The number of aromatic hydroxyl groups is 1. The average molecular weight is 531 g/mol. The van der Waals surface area contributed by atoms with Gasteiger partial charge in [-0.25, -0.2) is 0 Å². The summed E-state index contributed by atoms with van der Waals surface area (Å²) < 4.78 is 6.15. The zero-order valence-corrected chi connectivity index (χ0v) is 21.3. The van der Waals surface area contributed by atoms with Crippen molar-refractivity contribution in [3.63, 3.8) is 0 Å². The van der Waals surface area contributed by atoms with Crippen molar-refractivity contribution in [3.8, 4) is 11.5 Å². The molecule has 1 atom stereocenters. The Kier molecular flexibility index (Phi) is 8.74. The van der Waals surface area contributed by atoms with Gasteiger partial charge in [0.1, 0.15) is 17.3 Å². The number of phenols is 1. The number of halogens is 1. The van der Waals surface area contributed by atoms with Gasteiger partial charge in [-0.3, -0.25) is 9.59 Å². The van der Waals surface area contributed by atoms with Crippen LogP contribution in [0.1, 0.15) is 44.4 Å². The van der Waals surface area contributed by atoms with E-state index in [4.69, 9.17) is 4.74 Å². The molecule has 0 radical (unpaired) electrons. The second-order valence-electron chi connectivity index (χ2n) is 8.04. The summed E-state index contributed by atoms with van der Waals surface area (Å²) in [7, 11) is 0. The zero-order chi connectivity index (χ0) is 24.8. The van der Waals surface area contributed by atoms with E-state index in [0.29, 0.717) is 35.4 Å². The molecule has 2 N–H and O–H groups in total. The number of aliphatic hydroxyl groups is 1. The fraction of sp³-hybridized carbons (Fsp3) is 0.385. The molecule has 1 heterocycles. The highest BCUT2D eigenvalue weighted by molar-refractivity contribution is 9.10. The van der Waals surface area contributed by atoms with Crippen LogP contribution < -0.4 is 4.74 Å². The number of ketones is 1. The number of Topliss-reactive ketones (excluding diaryl/α,β-unsaturated/α-hetero) is 1. The summed E-state index contributed by atoms with van der Waals surface area (Å²) in [5.41, 5.74) is 0.735. The van der Waals surface area contributed by atoms with Gasteiger partial charge in [0.25, 0.3) is 11.7 Å². The lowest BCUT2D eigenvalue weighted by Crippen LogP contribution is -2.33. The van der Waals surface area contributed by atoms with Crippen LogP contribution in [0, 0.1) is 0 Å². The highest BCUT2D eigenvalue weighted by Gasteiger charge is 2.46. The van der Waals surface area contributed by atoms with Crippen LogP contribution >= 0.6 is 15.9 Å². The molecule has 2 aromatic rings. The van der Waals surface area contributed by atoms with E-state index in [9.17, 15) is 19.8 Å². The molecule has 8 heteroatoms. The molecule has 1 saturated heterocycles. The number of aliphatic hydroxyl groups excluding tert-OH is 1. The summed E-state index contributed by atoms with van der Waals surface area (Å²) in [6, 6.07) is 11.0. The summed E-state index contributed by atoms with van der Waals surface area (Å²) in [6.07, 6.45) is 0.685. The van der Waals surface area contributed by atoms with Crippen LogP contribution in [0.25, 0.3) is 5.76 Å². The fourth-order valence-corrected chi connectivity index (χ4v) is 4.58. The SMILES string of the molecule is CCOc1ccc(C2C(=C(O)c3cc(Br)ccc3O)C(=O)C(=O)N2CCCN(CC)CC)cc1. The van der Waals surface area contributed by atoms with Crippen LogP contribution in [0.3, 0.4) is 0 Å². The zero-order valence-electron chi connectivity index (χ0n) is 19.8. The minimum absolute atomic E-state index is 0.0367. The van der Waals surface area contributed by atoms with Crippen molar-refractivity contribution in [2.75, 3.05) is 32.8 Å². The predicted molar refractivity (Wildman–Crippen MR) is 135 cm³/mol. The Labute approximate surface area is 208 Å². The first-order valence-electron chi connectivity index (χ1n) is 11.5. The van der Waals surface area contributed by atoms with E-state index < -0.39 is 23.5 Å². The Hall–Kier alpha value is -2.84. The van der Waals surface area contributed by atoms with Crippen LogP contribution in [0.15, 0.2) is 52.5 Å². The predicted octanol–water partition coefficient (Wildman–Crippen LogP) is 4.71. The number of hydrogen-bond donors (Lipinski definition) is 2. The molecule has 7 nitrogen and oxygen atoms in total.